The van der Waals surface area contributed by atoms with Crippen molar-refractivity contribution in [2.75, 3.05) is 13.2 Å². The van der Waals surface area contributed by atoms with Crippen LogP contribution in [0.25, 0.3) is 0 Å². The Kier molecular flexibility index (Phi) is 7.65. The predicted octanol–water partition coefficient (Wildman–Crippen LogP) is 1.72. The molecule has 0 saturated carbocycles. The van der Waals surface area contributed by atoms with Gasteiger partial charge in [-0.25, -0.2) is 0 Å². The van der Waals surface area contributed by atoms with Crippen molar-refractivity contribution >= 4 is 8.25 Å². The zero-order valence-corrected chi connectivity index (χ0v) is 7.55. The van der Waals surface area contributed by atoms with Gasteiger partial charge in [-0.3, -0.25) is 0 Å². The molecule has 0 spiro atoms. The van der Waals surface area contributed by atoms with Crippen LogP contribution in [0.2, 0.25) is 0 Å². The second-order valence-electron chi connectivity index (χ2n) is 1.80. The first kappa shape index (κ1) is 11.1. The van der Waals surface area contributed by atoms with Gasteiger partial charge in [-0.1, -0.05) is 0 Å². The van der Waals surface area contributed by atoms with Crippen LogP contribution in [-0.2, 0) is 13.6 Å². The van der Waals surface area contributed by atoms with Crippen LogP contribution in [0.15, 0.2) is 0 Å². The Bertz CT molecular complexity index is 189. The minimum absolute atomic E-state index is 0.252. The molecule has 3 nitrogen and oxygen atoms in total. The van der Waals surface area contributed by atoms with Crippen molar-refractivity contribution in [3.05, 3.63) is 0 Å². The summed E-state index contributed by atoms with van der Waals surface area (Å²) in [5, 5.41) is 0. The first-order valence-electron chi connectivity index (χ1n) is 3.41. The van der Waals surface area contributed by atoms with Crippen molar-refractivity contribution in [3.8, 4) is 24.7 Å². The van der Waals surface area contributed by atoms with Crippen molar-refractivity contribution in [2.45, 2.75) is 12.8 Å². The van der Waals surface area contributed by atoms with Crippen LogP contribution in [0.3, 0.4) is 0 Å². The summed E-state index contributed by atoms with van der Waals surface area (Å²) in [5.41, 5.74) is 0. The van der Waals surface area contributed by atoms with Gasteiger partial charge in [-0.2, -0.15) is 0 Å². The summed E-state index contributed by atoms with van der Waals surface area (Å²) in [4.78, 5) is 0. The van der Waals surface area contributed by atoms with Crippen LogP contribution in [0.1, 0.15) is 12.8 Å². The van der Waals surface area contributed by atoms with Crippen LogP contribution in [0, 0.1) is 24.7 Å². The van der Waals surface area contributed by atoms with Crippen LogP contribution < -0.4 is 0 Å². The topological polar surface area (TPSA) is 35.5 Å². The van der Waals surface area contributed by atoms with Gasteiger partial charge in [0.25, 0.3) is 0 Å². The molecule has 0 fully saturated rings. The summed E-state index contributed by atoms with van der Waals surface area (Å²) >= 11 is 0. The number of rotatable bonds is 6. The quantitative estimate of drug-likeness (QED) is 0.359. The lowest BCUT2D eigenvalue weighted by molar-refractivity contribution is 0.233. The summed E-state index contributed by atoms with van der Waals surface area (Å²) in [6, 6.07) is 0. The number of hydrogen-bond donors (Lipinski definition) is 0. The third-order valence-electron chi connectivity index (χ3n) is 0.886. The molecule has 0 bridgehead atoms. The maximum absolute atomic E-state index is 10.8. The minimum atomic E-state index is -2.04. The summed E-state index contributed by atoms with van der Waals surface area (Å²) in [6.45, 7) is 0.503. The summed E-state index contributed by atoms with van der Waals surface area (Å²) in [5.74, 6) is 4.70. The molecule has 0 aliphatic rings. The zero-order valence-electron chi connectivity index (χ0n) is 6.66. The van der Waals surface area contributed by atoms with Gasteiger partial charge in [0.2, 0.25) is 0 Å². The van der Waals surface area contributed by atoms with E-state index in [2.05, 4.69) is 11.8 Å². The van der Waals surface area contributed by atoms with Crippen molar-refractivity contribution in [3.63, 3.8) is 0 Å². The molecule has 64 valence electrons. The standard InChI is InChI=1S/C8H10O3P/c1-3-5-7-10-12(9)11-8-6-4-2/h1-2H,5-8H2/q+1. The van der Waals surface area contributed by atoms with E-state index in [9.17, 15) is 4.57 Å². The summed E-state index contributed by atoms with van der Waals surface area (Å²) < 4.78 is 20.2. The molecule has 0 amide bonds. The molecule has 0 unspecified atom stereocenters. The van der Waals surface area contributed by atoms with E-state index in [1.807, 2.05) is 0 Å². The van der Waals surface area contributed by atoms with Gasteiger partial charge in [0.05, 0.1) is 0 Å². The van der Waals surface area contributed by atoms with E-state index in [0.717, 1.165) is 0 Å². The molecular formula is C8H10O3P+. The molecule has 0 atom stereocenters. The fourth-order valence-electron chi connectivity index (χ4n) is 0.395. The highest BCUT2D eigenvalue weighted by molar-refractivity contribution is 7.33. The first-order valence-corrected chi connectivity index (χ1v) is 4.50. The SMILES string of the molecule is C#CCCO[P+](=O)OCCC#C. The Morgan fingerprint density at radius 3 is 1.83 bits per heavy atom. The molecule has 0 N–H and O–H groups in total. The second kappa shape index (κ2) is 8.24. The molecule has 0 aromatic heterocycles. The first-order chi connectivity index (χ1) is 5.81. The summed E-state index contributed by atoms with van der Waals surface area (Å²) in [7, 11) is -2.04. The van der Waals surface area contributed by atoms with E-state index < -0.39 is 8.25 Å². The Labute approximate surface area is 73.4 Å². The van der Waals surface area contributed by atoms with E-state index in [1.165, 1.54) is 0 Å². The van der Waals surface area contributed by atoms with Gasteiger partial charge in [0.15, 0.2) is 0 Å². The lowest BCUT2D eigenvalue weighted by atomic mass is 10.5. The van der Waals surface area contributed by atoms with E-state index in [4.69, 9.17) is 21.9 Å². The van der Waals surface area contributed by atoms with Gasteiger partial charge >= 0.3 is 8.25 Å². The molecule has 0 aromatic rings. The van der Waals surface area contributed by atoms with Crippen LogP contribution in [0.5, 0.6) is 0 Å². The van der Waals surface area contributed by atoms with E-state index in [-0.39, 0.29) is 13.2 Å². The monoisotopic (exact) mass is 185 g/mol. The molecule has 0 rings (SSSR count). The van der Waals surface area contributed by atoms with Gasteiger partial charge in [0.1, 0.15) is 13.2 Å². The fraction of sp³-hybridized carbons (Fsp3) is 0.500. The van der Waals surface area contributed by atoms with Gasteiger partial charge in [0, 0.05) is 17.4 Å². The highest BCUT2D eigenvalue weighted by Gasteiger charge is 2.18. The van der Waals surface area contributed by atoms with E-state index in [1.54, 1.807) is 0 Å². The highest BCUT2D eigenvalue weighted by Crippen LogP contribution is 2.23. The van der Waals surface area contributed by atoms with Gasteiger partial charge < -0.3 is 0 Å². The molecule has 0 aliphatic carbocycles. The van der Waals surface area contributed by atoms with E-state index >= 15 is 0 Å². The zero-order chi connectivity index (χ0) is 9.23. The third kappa shape index (κ3) is 7.25. The molecule has 4 heteroatoms. The van der Waals surface area contributed by atoms with Crippen LogP contribution in [0.4, 0.5) is 0 Å². The lowest BCUT2D eigenvalue weighted by Crippen LogP contribution is -1.89. The predicted molar refractivity (Wildman–Crippen MR) is 46.4 cm³/mol. The number of terminal acetylenes is 2. The third-order valence-corrected chi connectivity index (χ3v) is 1.67. The maximum Gasteiger partial charge on any atom is 0.697 e. The Hall–Kier alpha value is -0.860. The largest absolute Gasteiger partial charge is 0.697 e. The van der Waals surface area contributed by atoms with Crippen molar-refractivity contribution in [2.24, 2.45) is 0 Å². The molecule has 0 aromatic carbocycles. The maximum atomic E-state index is 10.8. The fourth-order valence-corrected chi connectivity index (χ4v) is 0.951. The molecule has 12 heavy (non-hydrogen) atoms. The average Bonchev–Trinajstić information content (AvgIpc) is 2.06. The van der Waals surface area contributed by atoms with Gasteiger partial charge in [-0.15, -0.1) is 33.7 Å². The molecule has 0 radical (unpaired) electrons. The summed E-state index contributed by atoms with van der Waals surface area (Å²) in [6.07, 6.45) is 10.7. The molecule has 0 saturated heterocycles. The van der Waals surface area contributed by atoms with Crippen LogP contribution in [-0.4, -0.2) is 13.2 Å². The smallest absolute Gasteiger partial charge is 0.120 e. The van der Waals surface area contributed by atoms with Crippen molar-refractivity contribution in [1.82, 2.24) is 0 Å². The van der Waals surface area contributed by atoms with Gasteiger partial charge in [-0.05, 0) is 0 Å². The van der Waals surface area contributed by atoms with Crippen LogP contribution >= 0.6 is 8.25 Å². The molecular weight excluding hydrogens is 175 g/mol. The Balaban J connectivity index is 3.24. The average molecular weight is 185 g/mol. The van der Waals surface area contributed by atoms with E-state index in [0.29, 0.717) is 12.8 Å². The Morgan fingerprint density at radius 1 is 1.08 bits per heavy atom. The molecule has 0 heterocycles. The van der Waals surface area contributed by atoms with Crippen molar-refractivity contribution in [1.29, 1.82) is 0 Å². The second-order valence-corrected chi connectivity index (χ2v) is 2.76. The molecule has 0 aliphatic heterocycles. The Morgan fingerprint density at radius 2 is 1.50 bits per heavy atom. The number of hydrogen-bond acceptors (Lipinski definition) is 3. The van der Waals surface area contributed by atoms with Crippen molar-refractivity contribution < 1.29 is 13.6 Å². The lowest BCUT2D eigenvalue weighted by Gasteiger charge is -1.85. The minimum Gasteiger partial charge on any atom is -0.120 e. The highest BCUT2D eigenvalue weighted by atomic mass is 31.1. The normalized spacial score (nSPS) is 8.50.